The second kappa shape index (κ2) is 5.17. The Morgan fingerprint density at radius 2 is 2.18 bits per heavy atom. The lowest BCUT2D eigenvalue weighted by atomic mass is 10.2. The van der Waals surface area contributed by atoms with Crippen molar-refractivity contribution in [1.29, 1.82) is 0 Å². The van der Waals surface area contributed by atoms with Crippen molar-refractivity contribution in [3.05, 3.63) is 24.0 Å². The van der Waals surface area contributed by atoms with Crippen molar-refractivity contribution in [1.82, 2.24) is 4.98 Å². The van der Waals surface area contributed by atoms with E-state index in [9.17, 15) is 4.79 Å². The van der Waals surface area contributed by atoms with Crippen molar-refractivity contribution in [3.8, 4) is 0 Å². The van der Waals surface area contributed by atoms with Gasteiger partial charge in [-0.2, -0.15) is 0 Å². The van der Waals surface area contributed by atoms with Crippen LogP contribution in [0.3, 0.4) is 0 Å². The summed E-state index contributed by atoms with van der Waals surface area (Å²) in [6.45, 7) is 3.07. The third-order valence-electron chi connectivity index (χ3n) is 3.40. The summed E-state index contributed by atoms with van der Waals surface area (Å²) in [5, 5.41) is 8.81. The lowest BCUT2D eigenvalue weighted by molar-refractivity contribution is 0.0690. The molecule has 0 atom stereocenters. The monoisotopic (exact) mass is 234 g/mol. The first-order valence-corrected chi connectivity index (χ1v) is 6.18. The molecule has 1 aliphatic carbocycles. The number of hydrogen-bond acceptors (Lipinski definition) is 3. The number of pyridine rings is 1. The minimum absolute atomic E-state index is 0.108. The second-order valence-corrected chi connectivity index (χ2v) is 4.43. The predicted molar refractivity (Wildman–Crippen MR) is 66.5 cm³/mol. The first-order valence-electron chi connectivity index (χ1n) is 6.18. The van der Waals surface area contributed by atoms with Crippen LogP contribution in [-0.2, 0) is 0 Å². The number of carboxylic acids is 1. The molecule has 1 fully saturated rings. The van der Waals surface area contributed by atoms with E-state index in [0.29, 0.717) is 6.04 Å². The first kappa shape index (κ1) is 11.9. The number of carboxylic acid groups (broad SMARTS) is 1. The standard InChI is InChI=1S/C13H18N2O2/c1-2-15(10-5-3-4-6-10)11-7-8-12(13(16)17)14-9-11/h7-10H,2-6H2,1H3,(H,16,17). The highest BCUT2D eigenvalue weighted by atomic mass is 16.4. The maximum absolute atomic E-state index is 10.7. The molecule has 0 aromatic carbocycles. The third kappa shape index (κ3) is 2.57. The Morgan fingerprint density at radius 3 is 2.65 bits per heavy atom. The maximum Gasteiger partial charge on any atom is 0.354 e. The maximum atomic E-state index is 10.7. The quantitative estimate of drug-likeness (QED) is 0.869. The molecule has 1 saturated carbocycles. The van der Waals surface area contributed by atoms with Crippen molar-refractivity contribution in [2.24, 2.45) is 0 Å². The van der Waals surface area contributed by atoms with Gasteiger partial charge in [0.15, 0.2) is 0 Å². The molecule has 0 aliphatic heterocycles. The van der Waals surface area contributed by atoms with Gasteiger partial charge in [-0.1, -0.05) is 12.8 Å². The van der Waals surface area contributed by atoms with Crippen LogP contribution in [0.15, 0.2) is 18.3 Å². The van der Waals surface area contributed by atoms with E-state index in [1.165, 1.54) is 25.7 Å². The molecule has 0 unspecified atom stereocenters. The normalized spacial score (nSPS) is 16.1. The van der Waals surface area contributed by atoms with E-state index in [4.69, 9.17) is 5.11 Å². The van der Waals surface area contributed by atoms with E-state index in [-0.39, 0.29) is 5.69 Å². The smallest absolute Gasteiger partial charge is 0.354 e. The Bertz CT molecular complexity index is 383. The molecule has 92 valence electrons. The lowest BCUT2D eigenvalue weighted by Gasteiger charge is -2.29. The van der Waals surface area contributed by atoms with Gasteiger partial charge in [0, 0.05) is 12.6 Å². The Morgan fingerprint density at radius 1 is 1.47 bits per heavy atom. The van der Waals surface area contributed by atoms with E-state index in [1.807, 2.05) is 6.07 Å². The molecule has 2 rings (SSSR count). The zero-order chi connectivity index (χ0) is 12.3. The minimum atomic E-state index is -0.972. The molecule has 1 N–H and O–H groups in total. The van der Waals surface area contributed by atoms with E-state index in [2.05, 4.69) is 16.8 Å². The zero-order valence-electron chi connectivity index (χ0n) is 10.1. The van der Waals surface area contributed by atoms with Crippen LogP contribution < -0.4 is 4.90 Å². The van der Waals surface area contributed by atoms with Gasteiger partial charge in [0.05, 0.1) is 11.9 Å². The van der Waals surface area contributed by atoms with Gasteiger partial charge < -0.3 is 10.0 Å². The Kier molecular flexibility index (Phi) is 3.61. The predicted octanol–water partition coefficient (Wildman–Crippen LogP) is 2.55. The highest BCUT2D eigenvalue weighted by Gasteiger charge is 2.21. The lowest BCUT2D eigenvalue weighted by Crippen LogP contribution is -2.33. The average Bonchev–Trinajstić information content (AvgIpc) is 2.84. The van der Waals surface area contributed by atoms with Crippen molar-refractivity contribution < 1.29 is 9.90 Å². The number of aromatic carboxylic acids is 1. The van der Waals surface area contributed by atoms with Crippen molar-refractivity contribution in [2.75, 3.05) is 11.4 Å². The molecule has 1 aromatic rings. The summed E-state index contributed by atoms with van der Waals surface area (Å²) in [5.41, 5.74) is 1.14. The Labute approximate surface area is 101 Å². The number of anilines is 1. The molecule has 17 heavy (non-hydrogen) atoms. The van der Waals surface area contributed by atoms with Gasteiger partial charge in [-0.15, -0.1) is 0 Å². The van der Waals surface area contributed by atoms with E-state index >= 15 is 0 Å². The van der Waals surface area contributed by atoms with E-state index in [1.54, 1.807) is 12.3 Å². The fourth-order valence-electron chi connectivity index (χ4n) is 2.55. The van der Waals surface area contributed by atoms with Crippen LogP contribution in [0.4, 0.5) is 5.69 Å². The summed E-state index contributed by atoms with van der Waals surface area (Å²) in [4.78, 5) is 17.0. The summed E-state index contributed by atoms with van der Waals surface area (Å²) in [7, 11) is 0. The molecule has 0 radical (unpaired) electrons. The molecule has 0 saturated heterocycles. The van der Waals surface area contributed by atoms with Gasteiger partial charge in [0.2, 0.25) is 0 Å². The molecule has 1 aliphatic rings. The molecular weight excluding hydrogens is 216 g/mol. The number of rotatable bonds is 4. The number of aromatic nitrogens is 1. The summed E-state index contributed by atoms with van der Waals surface area (Å²) in [6.07, 6.45) is 6.72. The van der Waals surface area contributed by atoms with Crippen molar-refractivity contribution in [3.63, 3.8) is 0 Å². The number of carbonyl (C=O) groups is 1. The van der Waals surface area contributed by atoms with Gasteiger partial charge in [-0.05, 0) is 31.9 Å². The Balaban J connectivity index is 2.16. The highest BCUT2D eigenvalue weighted by Crippen LogP contribution is 2.27. The van der Waals surface area contributed by atoms with Crippen LogP contribution in [0.5, 0.6) is 0 Å². The molecule has 1 heterocycles. The molecule has 0 bridgehead atoms. The number of hydrogen-bond donors (Lipinski definition) is 1. The fraction of sp³-hybridized carbons (Fsp3) is 0.538. The first-order chi connectivity index (χ1) is 8.22. The number of nitrogens with zero attached hydrogens (tertiary/aromatic N) is 2. The Hall–Kier alpha value is -1.58. The van der Waals surface area contributed by atoms with Gasteiger partial charge in [0.1, 0.15) is 5.69 Å². The van der Waals surface area contributed by atoms with Crippen molar-refractivity contribution in [2.45, 2.75) is 38.6 Å². The third-order valence-corrected chi connectivity index (χ3v) is 3.40. The van der Waals surface area contributed by atoms with Gasteiger partial charge in [-0.25, -0.2) is 9.78 Å². The summed E-state index contributed by atoms with van der Waals surface area (Å²) in [6, 6.07) is 4.03. The highest BCUT2D eigenvalue weighted by molar-refractivity contribution is 5.85. The van der Waals surface area contributed by atoms with Gasteiger partial charge in [-0.3, -0.25) is 0 Å². The largest absolute Gasteiger partial charge is 0.477 e. The minimum Gasteiger partial charge on any atom is -0.477 e. The van der Waals surface area contributed by atoms with Crippen LogP contribution in [0.1, 0.15) is 43.1 Å². The van der Waals surface area contributed by atoms with Gasteiger partial charge in [0.25, 0.3) is 0 Å². The molecule has 4 nitrogen and oxygen atoms in total. The van der Waals surface area contributed by atoms with Crippen LogP contribution in [0.25, 0.3) is 0 Å². The molecule has 4 heteroatoms. The SMILES string of the molecule is CCN(c1ccc(C(=O)O)nc1)C1CCCC1. The van der Waals surface area contributed by atoms with Crippen LogP contribution in [0, 0.1) is 0 Å². The fourth-order valence-corrected chi connectivity index (χ4v) is 2.55. The topological polar surface area (TPSA) is 53.4 Å². The van der Waals surface area contributed by atoms with Crippen LogP contribution in [-0.4, -0.2) is 28.6 Å². The summed E-state index contributed by atoms with van der Waals surface area (Å²) >= 11 is 0. The average molecular weight is 234 g/mol. The summed E-state index contributed by atoms with van der Waals surface area (Å²) in [5.74, 6) is -0.972. The van der Waals surface area contributed by atoms with Gasteiger partial charge >= 0.3 is 5.97 Å². The zero-order valence-corrected chi connectivity index (χ0v) is 10.1. The molecule has 1 aromatic heterocycles. The molecular formula is C13H18N2O2. The van der Waals surface area contributed by atoms with Crippen LogP contribution in [0.2, 0.25) is 0 Å². The molecule has 0 spiro atoms. The van der Waals surface area contributed by atoms with Crippen molar-refractivity contribution >= 4 is 11.7 Å². The van der Waals surface area contributed by atoms with Crippen LogP contribution >= 0.6 is 0 Å². The molecule has 0 amide bonds. The van der Waals surface area contributed by atoms with E-state index < -0.39 is 5.97 Å². The summed E-state index contributed by atoms with van der Waals surface area (Å²) < 4.78 is 0. The van der Waals surface area contributed by atoms with E-state index in [0.717, 1.165) is 12.2 Å². The second-order valence-electron chi connectivity index (χ2n) is 4.43.